The van der Waals surface area contributed by atoms with E-state index >= 15 is 0 Å². The Labute approximate surface area is 114 Å². The van der Waals surface area contributed by atoms with Gasteiger partial charge in [0, 0.05) is 0 Å². The van der Waals surface area contributed by atoms with Gasteiger partial charge in [0.2, 0.25) is 0 Å². The summed E-state index contributed by atoms with van der Waals surface area (Å²) in [6.07, 6.45) is 0. The van der Waals surface area contributed by atoms with Crippen molar-refractivity contribution in [2.45, 2.75) is 0 Å². The minimum absolute atomic E-state index is 0. The van der Waals surface area contributed by atoms with Gasteiger partial charge in [-0.15, -0.1) is 0 Å². The second kappa shape index (κ2) is 10.7. The maximum atomic E-state index is 8.13. The molecule has 0 saturated carbocycles. The van der Waals surface area contributed by atoms with E-state index in [1.807, 2.05) is 0 Å². The van der Waals surface area contributed by atoms with Crippen LogP contribution in [0, 0.1) is 45.3 Å². The molecule has 0 saturated heterocycles. The molecule has 0 aromatic rings. The van der Waals surface area contributed by atoms with E-state index in [9.17, 15) is 0 Å². The molecule has 0 aliphatic carbocycles. The van der Waals surface area contributed by atoms with Crippen molar-refractivity contribution in [3.63, 3.8) is 0 Å². The Balaban J connectivity index is -0.000000405. The first kappa shape index (κ1) is 17.7. The van der Waals surface area contributed by atoms with Crippen LogP contribution in [0.2, 0.25) is 0 Å². The van der Waals surface area contributed by atoms with E-state index in [0.717, 1.165) is 0 Å². The van der Waals surface area contributed by atoms with Gasteiger partial charge in [-0.05, 0) is 0 Å². The Hall–Kier alpha value is -0.300. The zero-order valence-corrected chi connectivity index (χ0v) is 4.79. The summed E-state index contributed by atoms with van der Waals surface area (Å²) in [7, 11) is 0. The summed E-state index contributed by atoms with van der Waals surface area (Å²) in [4.78, 5) is 0. The predicted octanol–water partition coefficient (Wildman–Crippen LogP) is -0.920. The number of rotatable bonds is 0. The molecule has 0 rings (SSSR count). The van der Waals surface area contributed by atoms with Gasteiger partial charge in [0.05, 0.1) is 0 Å². The molecule has 0 aliphatic rings. The maximum absolute atomic E-state index is 8.13. The van der Waals surface area contributed by atoms with Crippen LogP contribution in [0.15, 0.2) is 11.1 Å². The molecule has 0 amide bonds. The second-order valence-corrected chi connectivity index (χ2v) is 1.20. The van der Waals surface area contributed by atoms with Gasteiger partial charge in [-0.3, -0.25) is 0 Å². The van der Waals surface area contributed by atoms with Gasteiger partial charge >= 0.3 is 59.1 Å². The predicted molar refractivity (Wildman–Crippen MR) is 43.8 cm³/mol. The van der Waals surface area contributed by atoms with Crippen LogP contribution in [-0.2, 0) is 0 Å². The fraction of sp³-hybridized carbons (Fsp3) is 0. The fourth-order valence-corrected chi connectivity index (χ4v) is 0.274. The summed E-state index contributed by atoms with van der Waals surface area (Å²) in [5.74, 6) is 0. The van der Waals surface area contributed by atoms with E-state index < -0.39 is 11.1 Å². The Morgan fingerprint density at radius 1 is 0.583 bits per heavy atom. The molecule has 0 unspecified atom stereocenters. The second-order valence-electron chi connectivity index (χ2n) is 1.20. The first-order valence-electron chi connectivity index (χ1n) is 2.14. The number of hydrogen-bond acceptors (Lipinski definition) is 4. The van der Waals surface area contributed by atoms with Gasteiger partial charge in [-0.25, -0.2) is 0 Å². The van der Waals surface area contributed by atoms with Crippen LogP contribution in [0.25, 0.3) is 0 Å². The van der Waals surface area contributed by atoms with Crippen molar-refractivity contribution in [3.8, 4) is 24.3 Å². The van der Waals surface area contributed by atoms with Gasteiger partial charge in [-0.2, -0.15) is 21.0 Å². The van der Waals surface area contributed by atoms with Crippen molar-refractivity contribution >= 4 is 59.1 Å². The molecule has 0 spiro atoms. The van der Waals surface area contributed by atoms with Crippen molar-refractivity contribution in [1.82, 2.24) is 0 Å². The molecule has 0 aromatic carbocycles. The first-order valence-corrected chi connectivity index (χ1v) is 2.14. The van der Waals surface area contributed by atoms with Crippen LogP contribution in [0.1, 0.15) is 0 Å². The van der Waals surface area contributed by atoms with E-state index in [4.69, 9.17) is 21.0 Å². The van der Waals surface area contributed by atoms with E-state index in [-0.39, 0.29) is 59.1 Å². The van der Waals surface area contributed by atoms with Crippen LogP contribution in [0.5, 0.6) is 0 Å². The van der Waals surface area contributed by atoms with Crippen molar-refractivity contribution in [1.29, 1.82) is 21.0 Å². The molecule has 0 N–H and O–H groups in total. The molecule has 0 bridgehead atoms. The number of nitriles is 4. The van der Waals surface area contributed by atoms with E-state index in [2.05, 4.69) is 0 Å². The third kappa shape index (κ3) is 5.36. The zero-order valence-electron chi connectivity index (χ0n) is 4.79. The minimum atomic E-state index is -0.440. The summed E-state index contributed by atoms with van der Waals surface area (Å²) in [6, 6.07) is 5.71. The molecule has 48 valence electrons. The Bertz CT molecular complexity index is 265. The average molecular weight is 176 g/mol. The van der Waals surface area contributed by atoms with Crippen molar-refractivity contribution < 1.29 is 0 Å². The normalized spacial score (nSPS) is 4.67. The molecular weight excluding hydrogens is 174 g/mol. The van der Waals surface area contributed by atoms with E-state index in [0.29, 0.717) is 0 Å². The molecule has 0 radical (unpaired) electrons. The van der Waals surface area contributed by atoms with Gasteiger partial charge in [-0.1, -0.05) is 0 Å². The monoisotopic (exact) mass is 176 g/mol. The molecule has 0 atom stereocenters. The summed E-state index contributed by atoms with van der Waals surface area (Å²) in [6.45, 7) is 0. The summed E-state index contributed by atoms with van der Waals surface area (Å²) < 4.78 is 0. The first-order chi connectivity index (χ1) is 4.79. The molecule has 4 nitrogen and oxygen atoms in total. The van der Waals surface area contributed by atoms with Crippen molar-refractivity contribution in [3.05, 3.63) is 11.1 Å². The molecule has 0 aliphatic heterocycles. The van der Waals surface area contributed by atoms with Gasteiger partial charge in [0.15, 0.2) is 11.1 Å². The van der Waals surface area contributed by atoms with Crippen LogP contribution in [-0.4, -0.2) is 59.1 Å². The van der Waals surface area contributed by atoms with Crippen molar-refractivity contribution in [2.75, 3.05) is 0 Å². The molecule has 12 heavy (non-hydrogen) atoms. The van der Waals surface area contributed by atoms with Crippen LogP contribution in [0.3, 0.4) is 0 Å². The SMILES string of the molecule is N#CC(C#N)=C(C#N)C#N.[NaH].[NaH]. The molecule has 0 heterocycles. The van der Waals surface area contributed by atoms with E-state index in [1.54, 1.807) is 0 Å². The van der Waals surface area contributed by atoms with Crippen molar-refractivity contribution in [2.24, 2.45) is 0 Å². The number of allylic oxidation sites excluding steroid dienone is 2. The fourth-order valence-electron chi connectivity index (χ4n) is 0.274. The number of nitrogens with zero attached hydrogens (tertiary/aromatic N) is 4. The quantitative estimate of drug-likeness (QED) is 0.352. The molecule has 6 heteroatoms. The van der Waals surface area contributed by atoms with Crippen LogP contribution in [0.4, 0.5) is 0 Å². The van der Waals surface area contributed by atoms with Gasteiger partial charge in [0.1, 0.15) is 24.3 Å². The summed E-state index contributed by atoms with van der Waals surface area (Å²) in [5.41, 5.74) is -0.880. The molecule has 0 fully saturated rings. The Kier molecular flexibility index (Phi) is 15.8. The van der Waals surface area contributed by atoms with E-state index in [1.165, 1.54) is 24.3 Å². The topological polar surface area (TPSA) is 95.2 Å². The number of hydrogen-bond donors (Lipinski definition) is 0. The Morgan fingerprint density at radius 2 is 0.750 bits per heavy atom. The van der Waals surface area contributed by atoms with Crippen LogP contribution >= 0.6 is 0 Å². The van der Waals surface area contributed by atoms with Gasteiger partial charge < -0.3 is 0 Å². The zero-order chi connectivity index (χ0) is 7.98. The summed E-state index contributed by atoms with van der Waals surface area (Å²) >= 11 is 0. The average Bonchev–Trinajstić information content (AvgIpc) is 2.00. The third-order valence-corrected chi connectivity index (χ3v) is 0.697. The Morgan fingerprint density at radius 3 is 0.833 bits per heavy atom. The molecular formula is C6H2N4Na2. The summed E-state index contributed by atoms with van der Waals surface area (Å²) in [5, 5.41) is 32.5. The third-order valence-electron chi connectivity index (χ3n) is 0.697. The standard InChI is InChI=1S/C6N4.2Na.2H/c7-1-5(2-8)6(3-9)4-10;;;;. The van der Waals surface area contributed by atoms with Crippen LogP contribution < -0.4 is 0 Å². The van der Waals surface area contributed by atoms with Gasteiger partial charge in [0.25, 0.3) is 0 Å². The molecule has 0 aromatic heterocycles.